The van der Waals surface area contributed by atoms with Gasteiger partial charge in [0.05, 0.1) is 13.2 Å². The smallest absolute Gasteiger partial charge is 0.168 e. The van der Waals surface area contributed by atoms with Gasteiger partial charge in [0.15, 0.2) is 5.79 Å². The summed E-state index contributed by atoms with van der Waals surface area (Å²) in [5.41, 5.74) is -0.0845. The average molecular weight is 224 g/mol. The van der Waals surface area contributed by atoms with Crippen LogP contribution < -0.4 is 0 Å². The lowest BCUT2D eigenvalue weighted by Gasteiger charge is -2.49. The van der Waals surface area contributed by atoms with Crippen molar-refractivity contribution in [2.75, 3.05) is 13.2 Å². The molecule has 0 aromatic rings. The molecule has 3 aliphatic rings. The third kappa shape index (κ3) is 1.45. The van der Waals surface area contributed by atoms with Gasteiger partial charge in [-0.25, -0.2) is 0 Å². The highest BCUT2D eigenvalue weighted by molar-refractivity contribution is 5.85. The number of carbonyl (C=O) groups is 1. The van der Waals surface area contributed by atoms with Gasteiger partial charge in [-0.3, -0.25) is 4.79 Å². The molecule has 3 fully saturated rings. The molecule has 90 valence electrons. The highest BCUT2D eigenvalue weighted by atomic mass is 16.7. The van der Waals surface area contributed by atoms with E-state index < -0.39 is 0 Å². The van der Waals surface area contributed by atoms with Gasteiger partial charge in [-0.1, -0.05) is 6.92 Å². The lowest BCUT2D eigenvalue weighted by molar-refractivity contribution is -0.209. The monoisotopic (exact) mass is 224 g/mol. The number of hydrogen-bond donors (Lipinski definition) is 0. The number of carbonyl (C=O) groups excluding carboxylic acids is 1. The van der Waals surface area contributed by atoms with Crippen LogP contribution in [-0.4, -0.2) is 24.8 Å². The lowest BCUT2D eigenvalue weighted by Crippen LogP contribution is -2.50. The molecular weight excluding hydrogens is 204 g/mol. The predicted octanol–water partition coefficient (Wildman–Crippen LogP) is 2.29. The molecular formula is C13H20O3. The van der Waals surface area contributed by atoms with Crippen LogP contribution in [0, 0.1) is 11.3 Å². The van der Waals surface area contributed by atoms with E-state index in [1.807, 2.05) is 0 Å². The summed E-state index contributed by atoms with van der Waals surface area (Å²) < 4.78 is 11.6. The van der Waals surface area contributed by atoms with Crippen LogP contribution in [0.5, 0.6) is 0 Å². The second-order valence-corrected chi connectivity index (χ2v) is 5.74. The molecule has 3 heteroatoms. The summed E-state index contributed by atoms with van der Waals surface area (Å²) in [5.74, 6) is 0.610. The maximum Gasteiger partial charge on any atom is 0.168 e. The van der Waals surface area contributed by atoms with Gasteiger partial charge in [-0.2, -0.15) is 0 Å². The van der Waals surface area contributed by atoms with Crippen molar-refractivity contribution in [2.24, 2.45) is 11.3 Å². The van der Waals surface area contributed by atoms with Gasteiger partial charge in [-0.15, -0.1) is 0 Å². The summed E-state index contributed by atoms with van der Waals surface area (Å²) in [6.45, 7) is 3.59. The predicted molar refractivity (Wildman–Crippen MR) is 58.9 cm³/mol. The topological polar surface area (TPSA) is 35.5 Å². The van der Waals surface area contributed by atoms with Gasteiger partial charge in [0, 0.05) is 24.7 Å². The number of rotatable bonds is 0. The fraction of sp³-hybridized carbons (Fsp3) is 0.923. The fourth-order valence-corrected chi connectivity index (χ4v) is 3.70. The molecule has 1 saturated heterocycles. The number of hydrogen-bond acceptors (Lipinski definition) is 3. The quantitative estimate of drug-likeness (QED) is 0.633. The Hall–Kier alpha value is -0.410. The highest BCUT2D eigenvalue weighted by Gasteiger charge is 2.53. The first-order chi connectivity index (χ1) is 7.65. The SMILES string of the molecule is C[C@]12CCC3(C[C@@H]1CCCC2=O)OCCO3. The molecule has 0 bridgehead atoms. The standard InChI is InChI=1S/C13H20O3/c1-12-5-6-13(15-7-8-16-13)9-10(12)3-2-4-11(12)14/h10H,2-9H2,1H3/t10-,12-/m0/s1. The molecule has 2 atom stereocenters. The second kappa shape index (κ2) is 3.54. The minimum absolute atomic E-state index is 0.0845. The van der Waals surface area contributed by atoms with Crippen molar-refractivity contribution >= 4 is 5.78 Å². The molecule has 0 amide bonds. The zero-order valence-corrected chi connectivity index (χ0v) is 9.96. The number of ketones is 1. The lowest BCUT2D eigenvalue weighted by atomic mass is 9.58. The van der Waals surface area contributed by atoms with Crippen LogP contribution in [0.15, 0.2) is 0 Å². The molecule has 0 unspecified atom stereocenters. The molecule has 3 nitrogen and oxygen atoms in total. The highest BCUT2D eigenvalue weighted by Crippen LogP contribution is 2.53. The van der Waals surface area contributed by atoms with E-state index in [-0.39, 0.29) is 11.2 Å². The van der Waals surface area contributed by atoms with E-state index in [0.29, 0.717) is 11.7 Å². The van der Waals surface area contributed by atoms with Crippen LogP contribution in [0.3, 0.4) is 0 Å². The summed E-state index contributed by atoms with van der Waals surface area (Å²) in [4.78, 5) is 12.1. The minimum Gasteiger partial charge on any atom is -0.348 e. The Morgan fingerprint density at radius 2 is 2.00 bits per heavy atom. The third-order valence-corrected chi connectivity index (χ3v) is 4.89. The van der Waals surface area contributed by atoms with Crippen molar-refractivity contribution in [1.82, 2.24) is 0 Å². The average Bonchev–Trinajstić information content (AvgIpc) is 2.71. The van der Waals surface area contributed by atoms with E-state index >= 15 is 0 Å². The van der Waals surface area contributed by atoms with E-state index in [1.165, 1.54) is 0 Å². The van der Waals surface area contributed by atoms with Crippen molar-refractivity contribution in [1.29, 1.82) is 0 Å². The molecule has 0 N–H and O–H groups in total. The van der Waals surface area contributed by atoms with Gasteiger partial charge in [-0.05, 0) is 25.2 Å². The van der Waals surface area contributed by atoms with E-state index in [2.05, 4.69) is 6.92 Å². The maximum atomic E-state index is 12.1. The van der Waals surface area contributed by atoms with Gasteiger partial charge in [0.2, 0.25) is 0 Å². The fourth-order valence-electron chi connectivity index (χ4n) is 3.70. The molecule has 1 heterocycles. The Bertz CT molecular complexity index is 306. The van der Waals surface area contributed by atoms with Crippen LogP contribution in [0.2, 0.25) is 0 Å². The Kier molecular flexibility index (Phi) is 2.37. The molecule has 16 heavy (non-hydrogen) atoms. The van der Waals surface area contributed by atoms with E-state index in [0.717, 1.165) is 51.7 Å². The van der Waals surface area contributed by atoms with Crippen molar-refractivity contribution in [3.63, 3.8) is 0 Å². The molecule has 0 radical (unpaired) electrons. The number of ether oxygens (including phenoxy) is 2. The Labute approximate surface area is 96.5 Å². The van der Waals surface area contributed by atoms with Crippen molar-refractivity contribution in [3.8, 4) is 0 Å². The van der Waals surface area contributed by atoms with Gasteiger partial charge < -0.3 is 9.47 Å². The van der Waals surface area contributed by atoms with E-state index in [9.17, 15) is 4.79 Å². The van der Waals surface area contributed by atoms with Gasteiger partial charge >= 0.3 is 0 Å². The Morgan fingerprint density at radius 1 is 1.25 bits per heavy atom. The summed E-state index contributed by atoms with van der Waals surface area (Å²) >= 11 is 0. The first-order valence-electron chi connectivity index (χ1n) is 6.46. The second-order valence-electron chi connectivity index (χ2n) is 5.74. The summed E-state index contributed by atoms with van der Waals surface area (Å²) in [5, 5.41) is 0. The first kappa shape index (κ1) is 10.7. The third-order valence-electron chi connectivity index (χ3n) is 4.89. The molecule has 3 rings (SSSR count). The zero-order valence-electron chi connectivity index (χ0n) is 9.96. The minimum atomic E-state index is -0.332. The summed E-state index contributed by atoms with van der Waals surface area (Å²) in [7, 11) is 0. The van der Waals surface area contributed by atoms with Crippen LogP contribution in [0.25, 0.3) is 0 Å². The number of Topliss-reactive ketones (excluding diaryl/α,β-unsaturated/α-hetero) is 1. The molecule has 1 spiro atoms. The van der Waals surface area contributed by atoms with Crippen LogP contribution >= 0.6 is 0 Å². The first-order valence-corrected chi connectivity index (χ1v) is 6.46. The molecule has 1 aliphatic heterocycles. The van der Waals surface area contributed by atoms with Crippen molar-refractivity contribution < 1.29 is 14.3 Å². The zero-order chi connectivity index (χ0) is 11.2. The summed E-state index contributed by atoms with van der Waals surface area (Å²) in [6.07, 6.45) is 5.76. The normalized spacial score (nSPS) is 42.3. The van der Waals surface area contributed by atoms with Crippen LogP contribution in [-0.2, 0) is 14.3 Å². The van der Waals surface area contributed by atoms with Crippen LogP contribution in [0.1, 0.15) is 45.4 Å². The van der Waals surface area contributed by atoms with Crippen LogP contribution in [0.4, 0.5) is 0 Å². The largest absolute Gasteiger partial charge is 0.348 e. The maximum absolute atomic E-state index is 12.1. The summed E-state index contributed by atoms with van der Waals surface area (Å²) in [6, 6.07) is 0. The molecule has 0 aromatic heterocycles. The van der Waals surface area contributed by atoms with Gasteiger partial charge in [0.1, 0.15) is 5.78 Å². The van der Waals surface area contributed by atoms with Crippen molar-refractivity contribution in [2.45, 2.75) is 51.2 Å². The molecule has 0 aromatic carbocycles. The van der Waals surface area contributed by atoms with E-state index in [1.54, 1.807) is 0 Å². The van der Waals surface area contributed by atoms with E-state index in [4.69, 9.17) is 9.47 Å². The molecule has 2 saturated carbocycles. The van der Waals surface area contributed by atoms with Gasteiger partial charge in [0.25, 0.3) is 0 Å². The molecule has 2 aliphatic carbocycles. The Balaban J connectivity index is 1.82. The Morgan fingerprint density at radius 3 is 2.75 bits per heavy atom. The number of fused-ring (bicyclic) bond motifs is 1. The van der Waals surface area contributed by atoms with Crippen molar-refractivity contribution in [3.05, 3.63) is 0 Å².